The number of hydrogen-bond donors (Lipinski definition) is 1. The zero-order valence-electron chi connectivity index (χ0n) is 6.32. The fourth-order valence-electron chi connectivity index (χ4n) is 1.09. The lowest BCUT2D eigenvalue weighted by Crippen LogP contribution is -2.54. The average molecular weight is 161 g/mol. The van der Waals surface area contributed by atoms with Crippen molar-refractivity contribution < 1.29 is 14.8 Å². The monoisotopic (exact) mass is 161 g/mol. The molecule has 0 amide bonds. The molecule has 1 fully saturated rings. The molecule has 1 saturated heterocycles. The van der Waals surface area contributed by atoms with Crippen LogP contribution in [-0.4, -0.2) is 35.9 Å². The lowest BCUT2D eigenvalue weighted by molar-refractivity contribution is -0.511. The first kappa shape index (κ1) is 8.42. The minimum Gasteiger partial charge on any atom is -0.392 e. The molecule has 0 spiro atoms. The first-order chi connectivity index (χ1) is 5.07. The first-order valence-corrected chi connectivity index (χ1v) is 3.44. The molecule has 0 aromatic carbocycles. The molecule has 1 atom stereocenters. The zero-order valence-corrected chi connectivity index (χ0v) is 6.32. The van der Waals surface area contributed by atoms with Gasteiger partial charge in [-0.2, -0.15) is 0 Å². The Kier molecular flexibility index (Phi) is 2.10. The molecule has 0 aliphatic carbocycles. The number of nitrogens with zero attached hydrogens (tertiary/aromatic N) is 1. The van der Waals surface area contributed by atoms with E-state index in [1.165, 1.54) is 0 Å². The van der Waals surface area contributed by atoms with Crippen LogP contribution in [0.25, 0.3) is 0 Å². The first-order valence-electron chi connectivity index (χ1n) is 3.44. The minimum absolute atomic E-state index is 0.204. The van der Waals surface area contributed by atoms with Gasteiger partial charge in [0.1, 0.15) is 5.41 Å². The second kappa shape index (κ2) is 2.75. The van der Waals surface area contributed by atoms with Crippen molar-refractivity contribution >= 4 is 0 Å². The van der Waals surface area contributed by atoms with Gasteiger partial charge in [-0.25, -0.2) is 0 Å². The third kappa shape index (κ3) is 1.49. The van der Waals surface area contributed by atoms with E-state index in [0.717, 1.165) is 0 Å². The number of hydrogen-bond acceptors (Lipinski definition) is 4. The summed E-state index contributed by atoms with van der Waals surface area (Å²) >= 11 is 0. The molecule has 5 nitrogen and oxygen atoms in total. The van der Waals surface area contributed by atoms with Crippen LogP contribution in [0.15, 0.2) is 0 Å². The maximum Gasteiger partial charge on any atom is 0.216 e. The highest BCUT2D eigenvalue weighted by atomic mass is 16.6. The summed E-state index contributed by atoms with van der Waals surface area (Å²) in [7, 11) is 0. The van der Waals surface area contributed by atoms with Gasteiger partial charge >= 0.3 is 0 Å². The van der Waals surface area contributed by atoms with Crippen LogP contribution in [0.2, 0.25) is 0 Å². The predicted molar refractivity (Wildman–Crippen MR) is 36.8 cm³/mol. The van der Waals surface area contributed by atoms with Crippen LogP contribution >= 0.6 is 0 Å². The second-order valence-corrected chi connectivity index (χ2v) is 3.02. The molecule has 0 bridgehead atoms. The fourth-order valence-corrected chi connectivity index (χ4v) is 1.09. The minimum atomic E-state index is -0.665. The van der Waals surface area contributed by atoms with Crippen molar-refractivity contribution in [2.75, 3.05) is 19.8 Å². The largest absolute Gasteiger partial charge is 0.392 e. The topological polar surface area (TPSA) is 72.6 Å². The Balaban J connectivity index is 2.53. The number of ether oxygens (including phenoxy) is 1. The summed E-state index contributed by atoms with van der Waals surface area (Å²) < 4.78 is 4.84. The summed E-state index contributed by atoms with van der Waals surface area (Å²) in [6.07, 6.45) is -0.665. The highest BCUT2D eigenvalue weighted by Crippen LogP contribution is 2.31. The summed E-state index contributed by atoms with van der Waals surface area (Å²) in [6, 6.07) is 0. The van der Waals surface area contributed by atoms with Crippen molar-refractivity contribution in [1.29, 1.82) is 0 Å². The Bertz CT molecular complexity index is 164. The van der Waals surface area contributed by atoms with Gasteiger partial charge in [0.05, 0.1) is 19.3 Å². The molecule has 1 rings (SSSR count). The molecular weight excluding hydrogens is 150 g/mol. The Morgan fingerprint density at radius 3 is 2.45 bits per heavy atom. The molecule has 64 valence electrons. The fraction of sp³-hybridized carbons (Fsp3) is 1.00. The van der Waals surface area contributed by atoms with E-state index in [2.05, 4.69) is 0 Å². The van der Waals surface area contributed by atoms with E-state index in [4.69, 9.17) is 4.74 Å². The Morgan fingerprint density at radius 1 is 1.82 bits per heavy atom. The molecule has 1 unspecified atom stereocenters. The van der Waals surface area contributed by atoms with Crippen LogP contribution < -0.4 is 0 Å². The highest BCUT2D eigenvalue weighted by molar-refractivity contribution is 4.89. The molecule has 0 radical (unpaired) electrons. The van der Waals surface area contributed by atoms with Gasteiger partial charge in [0.2, 0.25) is 6.54 Å². The average Bonchev–Trinajstić information content (AvgIpc) is 1.77. The van der Waals surface area contributed by atoms with Crippen LogP contribution in [-0.2, 0) is 4.74 Å². The molecule has 11 heavy (non-hydrogen) atoms. The van der Waals surface area contributed by atoms with E-state index in [1.54, 1.807) is 6.92 Å². The van der Waals surface area contributed by atoms with Crippen LogP contribution in [0.4, 0.5) is 0 Å². The third-order valence-corrected chi connectivity index (χ3v) is 2.11. The number of aliphatic hydroxyl groups excluding tert-OH is 1. The summed E-state index contributed by atoms with van der Waals surface area (Å²) in [6.45, 7) is 1.95. The van der Waals surface area contributed by atoms with E-state index in [9.17, 15) is 15.2 Å². The summed E-state index contributed by atoms with van der Waals surface area (Å²) in [4.78, 5) is 9.74. The molecule has 1 N–H and O–H groups in total. The second-order valence-electron chi connectivity index (χ2n) is 3.02. The van der Waals surface area contributed by atoms with Gasteiger partial charge < -0.3 is 9.84 Å². The lowest BCUT2D eigenvalue weighted by atomic mass is 9.81. The Labute approximate surface area is 64.1 Å². The van der Waals surface area contributed by atoms with Crippen LogP contribution in [0, 0.1) is 15.5 Å². The molecule has 0 aromatic heterocycles. The number of nitro groups is 1. The Morgan fingerprint density at radius 2 is 2.36 bits per heavy atom. The van der Waals surface area contributed by atoms with Crippen molar-refractivity contribution in [3.05, 3.63) is 10.1 Å². The van der Waals surface area contributed by atoms with Gasteiger partial charge in [-0.1, -0.05) is 0 Å². The van der Waals surface area contributed by atoms with Gasteiger partial charge in [0, 0.05) is 4.92 Å². The van der Waals surface area contributed by atoms with E-state index < -0.39 is 16.4 Å². The van der Waals surface area contributed by atoms with E-state index in [1.807, 2.05) is 0 Å². The quantitative estimate of drug-likeness (QED) is 0.454. The highest BCUT2D eigenvalue weighted by Gasteiger charge is 2.47. The molecule has 1 aliphatic rings. The van der Waals surface area contributed by atoms with Gasteiger partial charge in [0.15, 0.2) is 0 Å². The maximum absolute atomic E-state index is 10.2. The normalized spacial score (nSPS) is 23.8. The maximum atomic E-state index is 10.2. The smallest absolute Gasteiger partial charge is 0.216 e. The number of aliphatic hydroxyl groups is 1. The molecule has 1 aliphatic heterocycles. The Hall–Kier alpha value is -0.680. The van der Waals surface area contributed by atoms with Crippen LogP contribution in [0.5, 0.6) is 0 Å². The van der Waals surface area contributed by atoms with Crippen molar-refractivity contribution in [1.82, 2.24) is 0 Å². The van der Waals surface area contributed by atoms with Gasteiger partial charge in [0.25, 0.3) is 0 Å². The van der Waals surface area contributed by atoms with E-state index >= 15 is 0 Å². The van der Waals surface area contributed by atoms with Crippen molar-refractivity contribution in [2.45, 2.75) is 13.0 Å². The van der Waals surface area contributed by atoms with Crippen molar-refractivity contribution in [3.63, 3.8) is 0 Å². The SMILES string of the molecule is CC(O)C1(C[N+](=O)[O-])COC1. The van der Waals surface area contributed by atoms with Crippen molar-refractivity contribution in [3.8, 4) is 0 Å². The molecule has 0 aromatic rings. The summed E-state index contributed by atoms with van der Waals surface area (Å²) in [5.74, 6) is 0. The van der Waals surface area contributed by atoms with E-state index in [0.29, 0.717) is 13.2 Å². The number of rotatable bonds is 3. The molecular formula is C6H11NO4. The summed E-state index contributed by atoms with van der Waals surface area (Å²) in [5, 5.41) is 19.3. The van der Waals surface area contributed by atoms with Gasteiger partial charge in [-0.3, -0.25) is 10.1 Å². The van der Waals surface area contributed by atoms with Gasteiger partial charge in [-0.05, 0) is 6.92 Å². The van der Waals surface area contributed by atoms with E-state index in [-0.39, 0.29) is 6.54 Å². The third-order valence-electron chi connectivity index (χ3n) is 2.11. The van der Waals surface area contributed by atoms with Crippen molar-refractivity contribution in [2.24, 2.45) is 5.41 Å². The predicted octanol–water partition coefficient (Wildman–Crippen LogP) is -0.340. The lowest BCUT2D eigenvalue weighted by Gasteiger charge is -2.40. The molecule has 1 heterocycles. The zero-order chi connectivity index (χ0) is 8.48. The van der Waals surface area contributed by atoms with Gasteiger partial charge in [-0.15, -0.1) is 0 Å². The standard InChI is InChI=1S/C6H11NO4/c1-5(8)6(2-7(9)10)3-11-4-6/h5,8H,2-4H2,1H3. The molecule has 0 saturated carbocycles. The van der Waals surface area contributed by atoms with Crippen LogP contribution in [0.1, 0.15) is 6.92 Å². The summed E-state index contributed by atoms with van der Waals surface area (Å²) in [5.41, 5.74) is -0.622. The van der Waals surface area contributed by atoms with Crippen LogP contribution in [0.3, 0.4) is 0 Å². The molecule has 5 heteroatoms.